The number of amides is 1. The summed E-state index contributed by atoms with van der Waals surface area (Å²) in [5.41, 5.74) is 2.15. The number of carbonyl (C=O) groups excluding carboxylic acids is 2. The Morgan fingerprint density at radius 1 is 1.25 bits per heavy atom. The lowest BCUT2D eigenvalue weighted by Gasteiger charge is -2.13. The number of rotatable bonds is 6. The van der Waals surface area contributed by atoms with E-state index in [-0.39, 0.29) is 6.42 Å². The summed E-state index contributed by atoms with van der Waals surface area (Å²) < 4.78 is 15.8. The van der Waals surface area contributed by atoms with E-state index in [1.807, 2.05) is 6.07 Å². The number of ether oxygens (including phenoxy) is 2. The number of nitrogens with zero attached hydrogens (tertiary/aromatic N) is 1. The van der Waals surface area contributed by atoms with Gasteiger partial charge in [-0.15, -0.1) is 0 Å². The summed E-state index contributed by atoms with van der Waals surface area (Å²) in [6.45, 7) is 1.49. The van der Waals surface area contributed by atoms with Gasteiger partial charge in [0, 0.05) is 22.7 Å². The molecule has 0 aliphatic rings. The van der Waals surface area contributed by atoms with Crippen molar-refractivity contribution < 1.29 is 23.5 Å². The fraction of sp³-hybridized carbons (Fsp3) is 0.190. The van der Waals surface area contributed by atoms with Crippen LogP contribution in [-0.2, 0) is 20.7 Å². The molecule has 0 radical (unpaired) electrons. The van der Waals surface area contributed by atoms with Crippen molar-refractivity contribution in [1.29, 1.82) is 5.26 Å². The van der Waals surface area contributed by atoms with Crippen molar-refractivity contribution in [2.75, 3.05) is 12.4 Å². The number of anilines is 1. The average Bonchev–Trinajstić information content (AvgIpc) is 3.09. The summed E-state index contributed by atoms with van der Waals surface area (Å²) in [6, 6.07) is 13.8. The normalized spacial score (nSPS) is 11.5. The molecule has 1 atom stereocenters. The molecule has 142 valence electrons. The second kappa shape index (κ2) is 8.27. The zero-order chi connectivity index (χ0) is 20.1. The van der Waals surface area contributed by atoms with Crippen molar-refractivity contribution in [2.24, 2.45) is 0 Å². The van der Waals surface area contributed by atoms with Gasteiger partial charge >= 0.3 is 5.97 Å². The molecule has 0 fully saturated rings. The van der Waals surface area contributed by atoms with Gasteiger partial charge < -0.3 is 19.2 Å². The van der Waals surface area contributed by atoms with Crippen molar-refractivity contribution in [1.82, 2.24) is 0 Å². The molecule has 3 aromatic rings. The van der Waals surface area contributed by atoms with E-state index in [0.717, 1.165) is 5.39 Å². The molecule has 0 saturated heterocycles. The molecule has 1 N–H and O–H groups in total. The molecular formula is C21H18N2O5. The third-order valence-electron chi connectivity index (χ3n) is 4.13. The highest BCUT2D eigenvalue weighted by Gasteiger charge is 2.20. The van der Waals surface area contributed by atoms with Crippen LogP contribution < -0.4 is 10.1 Å². The molecular weight excluding hydrogens is 360 g/mol. The summed E-state index contributed by atoms with van der Waals surface area (Å²) >= 11 is 0. The van der Waals surface area contributed by atoms with E-state index in [1.165, 1.54) is 13.2 Å². The first-order valence-electron chi connectivity index (χ1n) is 8.55. The van der Waals surface area contributed by atoms with Gasteiger partial charge in [-0.3, -0.25) is 9.59 Å². The van der Waals surface area contributed by atoms with Crippen LogP contribution in [0.4, 0.5) is 5.69 Å². The van der Waals surface area contributed by atoms with Gasteiger partial charge in [-0.2, -0.15) is 5.26 Å². The highest BCUT2D eigenvalue weighted by molar-refractivity contribution is 5.95. The molecule has 7 nitrogen and oxygen atoms in total. The molecule has 0 bridgehead atoms. The number of hydrogen-bond acceptors (Lipinski definition) is 6. The zero-order valence-electron chi connectivity index (χ0n) is 15.4. The molecule has 1 amide bonds. The first-order chi connectivity index (χ1) is 13.5. The van der Waals surface area contributed by atoms with Gasteiger partial charge in [0.05, 0.1) is 31.4 Å². The van der Waals surface area contributed by atoms with Crippen LogP contribution in [0.15, 0.2) is 53.1 Å². The Morgan fingerprint density at radius 3 is 2.82 bits per heavy atom. The fourth-order valence-electron chi connectivity index (χ4n) is 2.69. The highest BCUT2D eigenvalue weighted by Crippen LogP contribution is 2.26. The van der Waals surface area contributed by atoms with Crippen LogP contribution in [0.5, 0.6) is 5.75 Å². The largest absolute Gasteiger partial charge is 0.497 e. The quantitative estimate of drug-likeness (QED) is 0.660. The second-order valence-electron chi connectivity index (χ2n) is 6.11. The van der Waals surface area contributed by atoms with Crippen LogP contribution in [-0.4, -0.2) is 25.1 Å². The topological polar surface area (TPSA) is 102 Å². The zero-order valence-corrected chi connectivity index (χ0v) is 15.4. The maximum Gasteiger partial charge on any atom is 0.311 e. The van der Waals surface area contributed by atoms with E-state index < -0.39 is 18.0 Å². The maximum absolute atomic E-state index is 12.2. The van der Waals surface area contributed by atoms with Crippen molar-refractivity contribution in [3.63, 3.8) is 0 Å². The minimum Gasteiger partial charge on any atom is -0.497 e. The van der Waals surface area contributed by atoms with Gasteiger partial charge in [-0.05, 0) is 37.3 Å². The average molecular weight is 378 g/mol. The van der Waals surface area contributed by atoms with E-state index in [1.54, 1.807) is 49.6 Å². The monoisotopic (exact) mass is 378 g/mol. The van der Waals surface area contributed by atoms with Crippen LogP contribution >= 0.6 is 0 Å². The molecule has 7 heteroatoms. The van der Waals surface area contributed by atoms with Gasteiger partial charge in [-0.25, -0.2) is 0 Å². The molecule has 0 spiro atoms. The second-order valence-corrected chi connectivity index (χ2v) is 6.11. The third-order valence-corrected chi connectivity index (χ3v) is 4.13. The summed E-state index contributed by atoms with van der Waals surface area (Å²) in [5, 5.41) is 12.3. The van der Waals surface area contributed by atoms with E-state index in [0.29, 0.717) is 28.1 Å². The number of furan rings is 1. The van der Waals surface area contributed by atoms with E-state index >= 15 is 0 Å². The van der Waals surface area contributed by atoms with Gasteiger partial charge in [0.15, 0.2) is 6.10 Å². The molecule has 0 saturated carbocycles. The Balaban J connectivity index is 1.61. The number of hydrogen-bond donors (Lipinski definition) is 1. The van der Waals surface area contributed by atoms with Crippen molar-refractivity contribution in [2.45, 2.75) is 19.4 Å². The Bertz CT molecular complexity index is 1060. The Kier molecular flexibility index (Phi) is 5.61. The molecule has 28 heavy (non-hydrogen) atoms. The highest BCUT2D eigenvalue weighted by atomic mass is 16.5. The molecule has 0 aliphatic carbocycles. The molecule has 3 rings (SSSR count). The van der Waals surface area contributed by atoms with Crippen LogP contribution in [0.1, 0.15) is 18.1 Å². The fourth-order valence-corrected chi connectivity index (χ4v) is 2.69. The summed E-state index contributed by atoms with van der Waals surface area (Å²) in [4.78, 5) is 24.5. The minimum absolute atomic E-state index is 0.0269. The predicted octanol–water partition coefficient (Wildman–Crippen LogP) is 3.43. The lowest BCUT2D eigenvalue weighted by molar-refractivity contribution is -0.152. The number of methoxy groups -OCH3 is 1. The number of benzene rings is 2. The first kappa shape index (κ1) is 19.0. The van der Waals surface area contributed by atoms with E-state index in [2.05, 4.69) is 5.32 Å². The van der Waals surface area contributed by atoms with Gasteiger partial charge in [0.25, 0.3) is 5.91 Å². The standard InChI is InChI=1S/C21H18N2O5/c1-13(21(25)23-16-5-3-4-14(8-16)11-22)28-20(24)9-15-12-27-19-10-17(26-2)6-7-18(15)19/h3-8,10,12-13H,9H2,1-2H3,(H,23,25). The van der Waals surface area contributed by atoms with Gasteiger partial charge in [0.1, 0.15) is 11.3 Å². The van der Waals surface area contributed by atoms with Gasteiger partial charge in [0.2, 0.25) is 0 Å². The summed E-state index contributed by atoms with van der Waals surface area (Å²) in [7, 11) is 1.56. The Hall–Kier alpha value is -3.79. The molecule has 2 aromatic carbocycles. The number of nitrogens with one attached hydrogen (secondary N) is 1. The summed E-state index contributed by atoms with van der Waals surface area (Å²) in [5.74, 6) is -0.376. The van der Waals surface area contributed by atoms with Crippen molar-refractivity contribution >= 4 is 28.5 Å². The van der Waals surface area contributed by atoms with E-state index in [9.17, 15) is 9.59 Å². The Morgan fingerprint density at radius 2 is 2.07 bits per heavy atom. The van der Waals surface area contributed by atoms with Crippen LogP contribution in [0, 0.1) is 11.3 Å². The molecule has 1 unspecified atom stereocenters. The molecule has 1 heterocycles. The molecule has 0 aliphatic heterocycles. The third kappa shape index (κ3) is 4.30. The predicted molar refractivity (Wildman–Crippen MR) is 102 cm³/mol. The van der Waals surface area contributed by atoms with Crippen molar-refractivity contribution in [3.05, 3.63) is 59.9 Å². The number of fused-ring (bicyclic) bond motifs is 1. The van der Waals surface area contributed by atoms with Crippen LogP contribution in [0.3, 0.4) is 0 Å². The molecule has 1 aromatic heterocycles. The number of nitriles is 1. The van der Waals surface area contributed by atoms with Crippen LogP contribution in [0.25, 0.3) is 11.0 Å². The van der Waals surface area contributed by atoms with Gasteiger partial charge in [-0.1, -0.05) is 6.07 Å². The lowest BCUT2D eigenvalue weighted by atomic mass is 10.1. The SMILES string of the molecule is COc1ccc2c(CC(=O)OC(C)C(=O)Nc3cccc(C#N)c3)coc2c1. The lowest BCUT2D eigenvalue weighted by Crippen LogP contribution is -2.30. The van der Waals surface area contributed by atoms with E-state index in [4.69, 9.17) is 19.2 Å². The first-order valence-corrected chi connectivity index (χ1v) is 8.55. The smallest absolute Gasteiger partial charge is 0.311 e. The minimum atomic E-state index is -0.989. The summed E-state index contributed by atoms with van der Waals surface area (Å²) in [6.07, 6.45) is 0.473. The van der Waals surface area contributed by atoms with Crippen molar-refractivity contribution in [3.8, 4) is 11.8 Å². The number of carbonyl (C=O) groups is 2. The van der Waals surface area contributed by atoms with Crippen LogP contribution in [0.2, 0.25) is 0 Å². The number of esters is 1. The Labute approximate surface area is 161 Å². The maximum atomic E-state index is 12.2.